The van der Waals surface area contributed by atoms with Crippen LogP contribution in [0, 0.1) is 13.8 Å². The van der Waals surface area contributed by atoms with E-state index >= 15 is 0 Å². The lowest BCUT2D eigenvalue weighted by atomic mass is 10.3. The predicted molar refractivity (Wildman–Crippen MR) is 58.7 cm³/mol. The second kappa shape index (κ2) is 4.77. The molecule has 4 heteroatoms. The highest BCUT2D eigenvalue weighted by molar-refractivity contribution is 7.99. The van der Waals surface area contributed by atoms with Gasteiger partial charge in [-0.1, -0.05) is 0 Å². The molecule has 1 heterocycles. The zero-order chi connectivity index (χ0) is 9.84. The molecule has 2 nitrogen and oxygen atoms in total. The van der Waals surface area contributed by atoms with Crippen molar-refractivity contribution < 1.29 is 4.79 Å². The van der Waals surface area contributed by atoms with Crippen LogP contribution in [0.15, 0.2) is 0 Å². The Morgan fingerprint density at radius 3 is 2.69 bits per heavy atom. The van der Waals surface area contributed by atoms with E-state index < -0.39 is 0 Å². The third-order valence-electron chi connectivity index (χ3n) is 1.73. The minimum Gasteiger partial charge on any atom is -0.298 e. The fourth-order valence-electron chi connectivity index (χ4n) is 0.995. The highest BCUT2D eigenvalue weighted by Gasteiger charge is 2.08. The molecule has 0 radical (unpaired) electrons. The molecule has 0 fully saturated rings. The summed E-state index contributed by atoms with van der Waals surface area (Å²) >= 11 is 3.19. The first-order chi connectivity index (χ1) is 6.13. The number of rotatable bonds is 4. The van der Waals surface area contributed by atoms with Crippen molar-refractivity contribution in [1.29, 1.82) is 0 Å². The van der Waals surface area contributed by atoms with Crippen molar-refractivity contribution >= 4 is 28.9 Å². The van der Waals surface area contributed by atoms with Crippen molar-refractivity contribution in [3.8, 4) is 0 Å². The van der Waals surface area contributed by atoms with E-state index in [1.807, 2.05) is 20.1 Å². The number of nitrogens with zero attached hydrogens (tertiary/aromatic N) is 1. The van der Waals surface area contributed by atoms with E-state index in [-0.39, 0.29) is 5.78 Å². The molecule has 1 aromatic rings. The van der Waals surface area contributed by atoms with Gasteiger partial charge in [0.05, 0.1) is 17.9 Å². The molecule has 1 rings (SSSR count). The normalized spacial score (nSPS) is 10.4. The van der Waals surface area contributed by atoms with Crippen LogP contribution in [0.3, 0.4) is 0 Å². The second-order valence-corrected chi connectivity index (χ2v) is 5.05. The van der Waals surface area contributed by atoms with Crippen LogP contribution in [-0.2, 0) is 11.2 Å². The van der Waals surface area contributed by atoms with Gasteiger partial charge in [0.1, 0.15) is 10.8 Å². The fourth-order valence-corrected chi connectivity index (χ4v) is 2.38. The highest BCUT2D eigenvalue weighted by atomic mass is 32.2. The molecule has 0 aromatic carbocycles. The van der Waals surface area contributed by atoms with Crippen LogP contribution in [0.1, 0.15) is 15.6 Å². The van der Waals surface area contributed by atoms with Gasteiger partial charge >= 0.3 is 0 Å². The molecular weight excluding hydrogens is 202 g/mol. The Bertz CT molecular complexity index is 287. The van der Waals surface area contributed by atoms with E-state index in [9.17, 15) is 4.79 Å². The first-order valence-electron chi connectivity index (χ1n) is 4.07. The molecule has 0 atom stereocenters. The summed E-state index contributed by atoms with van der Waals surface area (Å²) in [5.74, 6) is 0.860. The molecule has 0 amide bonds. The fraction of sp³-hybridized carbons (Fsp3) is 0.556. The van der Waals surface area contributed by atoms with Crippen LogP contribution in [0.25, 0.3) is 0 Å². The number of Topliss-reactive ketones (excluding diaryl/α,β-unsaturated/α-hetero) is 1. The molecule has 0 aliphatic carbocycles. The minimum atomic E-state index is 0.265. The number of thioether (sulfide) groups is 1. The number of aromatic nitrogens is 1. The molecule has 0 unspecified atom stereocenters. The number of aryl methyl sites for hydroxylation is 2. The molecule has 1 aromatic heterocycles. The topological polar surface area (TPSA) is 30.0 Å². The van der Waals surface area contributed by atoms with Crippen molar-refractivity contribution in [2.24, 2.45) is 0 Å². The Hall–Kier alpha value is -0.350. The maximum absolute atomic E-state index is 11.3. The Balaban J connectivity index is 2.59. The van der Waals surface area contributed by atoms with Crippen molar-refractivity contribution in [2.45, 2.75) is 20.3 Å². The van der Waals surface area contributed by atoms with E-state index in [0.717, 1.165) is 10.7 Å². The number of carbonyl (C=O) groups excluding carboxylic acids is 1. The first kappa shape index (κ1) is 10.7. The maximum Gasteiger partial charge on any atom is 0.149 e. The Morgan fingerprint density at radius 1 is 1.54 bits per heavy atom. The average molecular weight is 215 g/mol. The third kappa shape index (κ3) is 3.12. The number of carbonyl (C=O) groups is 1. The van der Waals surface area contributed by atoms with E-state index in [4.69, 9.17) is 0 Å². The summed E-state index contributed by atoms with van der Waals surface area (Å²) in [6.45, 7) is 4.02. The van der Waals surface area contributed by atoms with Crippen LogP contribution in [0.5, 0.6) is 0 Å². The minimum absolute atomic E-state index is 0.265. The first-order valence-corrected chi connectivity index (χ1v) is 6.28. The molecule has 0 bridgehead atoms. The number of hydrogen-bond acceptors (Lipinski definition) is 4. The molecule has 0 saturated carbocycles. The molecule has 0 aliphatic heterocycles. The van der Waals surface area contributed by atoms with E-state index in [1.165, 1.54) is 4.88 Å². The van der Waals surface area contributed by atoms with Gasteiger partial charge in [0, 0.05) is 4.88 Å². The van der Waals surface area contributed by atoms with Gasteiger partial charge in [-0.15, -0.1) is 11.3 Å². The third-order valence-corrected chi connectivity index (χ3v) is 3.41. The van der Waals surface area contributed by atoms with E-state index in [0.29, 0.717) is 12.2 Å². The zero-order valence-corrected chi connectivity index (χ0v) is 9.72. The van der Waals surface area contributed by atoms with Crippen molar-refractivity contribution in [2.75, 3.05) is 12.0 Å². The summed E-state index contributed by atoms with van der Waals surface area (Å²) in [5, 5.41) is 0.953. The lowest BCUT2D eigenvalue weighted by Gasteiger charge is -1.93. The van der Waals surface area contributed by atoms with Gasteiger partial charge in [-0.05, 0) is 20.1 Å². The Kier molecular flexibility index (Phi) is 3.93. The van der Waals surface area contributed by atoms with Crippen LogP contribution < -0.4 is 0 Å². The molecule has 0 spiro atoms. The van der Waals surface area contributed by atoms with Gasteiger partial charge in [-0.3, -0.25) is 4.79 Å². The molecule has 13 heavy (non-hydrogen) atoms. The lowest BCUT2D eigenvalue weighted by Crippen LogP contribution is -2.04. The van der Waals surface area contributed by atoms with E-state index in [1.54, 1.807) is 23.1 Å². The molecule has 0 saturated heterocycles. The summed E-state index contributed by atoms with van der Waals surface area (Å²) < 4.78 is 0. The maximum atomic E-state index is 11.3. The van der Waals surface area contributed by atoms with Gasteiger partial charge in [0.2, 0.25) is 0 Å². The van der Waals surface area contributed by atoms with Gasteiger partial charge < -0.3 is 0 Å². The average Bonchev–Trinajstić information content (AvgIpc) is 2.31. The van der Waals surface area contributed by atoms with Crippen LogP contribution in [-0.4, -0.2) is 22.8 Å². The summed E-state index contributed by atoms with van der Waals surface area (Å²) in [6, 6.07) is 0. The monoisotopic (exact) mass is 215 g/mol. The molecule has 0 N–H and O–H groups in total. The molecule has 72 valence electrons. The standard InChI is InChI=1S/C9H13NOS2/c1-6-7(2)13-9(10-6)4-8(11)5-12-3/h4-5H2,1-3H3. The van der Waals surface area contributed by atoms with E-state index in [2.05, 4.69) is 4.98 Å². The highest BCUT2D eigenvalue weighted by Crippen LogP contribution is 2.17. The summed E-state index contributed by atoms with van der Waals surface area (Å²) in [4.78, 5) is 16.8. The number of hydrogen-bond donors (Lipinski definition) is 0. The smallest absolute Gasteiger partial charge is 0.149 e. The van der Waals surface area contributed by atoms with Crippen LogP contribution >= 0.6 is 23.1 Å². The molecular formula is C9H13NOS2. The molecule has 0 aliphatic rings. The van der Waals surface area contributed by atoms with Crippen molar-refractivity contribution in [1.82, 2.24) is 4.98 Å². The van der Waals surface area contributed by atoms with Crippen molar-refractivity contribution in [3.05, 3.63) is 15.6 Å². The van der Waals surface area contributed by atoms with Gasteiger partial charge in [0.25, 0.3) is 0 Å². The largest absolute Gasteiger partial charge is 0.298 e. The van der Waals surface area contributed by atoms with Crippen LogP contribution in [0.2, 0.25) is 0 Å². The summed E-state index contributed by atoms with van der Waals surface area (Å²) in [7, 11) is 0. The number of ketones is 1. The Morgan fingerprint density at radius 2 is 2.23 bits per heavy atom. The quantitative estimate of drug-likeness (QED) is 0.771. The summed E-state index contributed by atoms with van der Waals surface area (Å²) in [6.07, 6.45) is 2.44. The van der Waals surface area contributed by atoms with Crippen molar-refractivity contribution in [3.63, 3.8) is 0 Å². The Labute approximate surface area is 86.8 Å². The SMILES string of the molecule is CSCC(=O)Cc1nc(C)c(C)s1. The summed E-state index contributed by atoms with van der Waals surface area (Å²) in [5.41, 5.74) is 1.05. The van der Waals surface area contributed by atoms with Gasteiger partial charge in [-0.25, -0.2) is 4.98 Å². The second-order valence-electron chi connectivity index (χ2n) is 2.90. The van der Waals surface area contributed by atoms with Crippen LogP contribution in [0.4, 0.5) is 0 Å². The lowest BCUT2D eigenvalue weighted by molar-refractivity contribution is -0.115. The van der Waals surface area contributed by atoms with Gasteiger partial charge in [0.15, 0.2) is 0 Å². The predicted octanol–water partition coefficient (Wildman–Crippen LogP) is 2.23. The number of thiazole rings is 1. The zero-order valence-electron chi connectivity index (χ0n) is 8.09. The van der Waals surface area contributed by atoms with Gasteiger partial charge in [-0.2, -0.15) is 11.8 Å².